The molecule has 0 fully saturated rings. The molecule has 27 heavy (non-hydrogen) atoms. The molecule has 0 bridgehead atoms. The minimum atomic E-state index is -0.801. The van der Waals surface area contributed by atoms with Gasteiger partial charge in [0.25, 0.3) is 5.91 Å². The van der Waals surface area contributed by atoms with Crippen LogP contribution in [0.25, 0.3) is 0 Å². The molecule has 0 spiro atoms. The number of hydrogen-bond donors (Lipinski definition) is 3. The predicted octanol–water partition coefficient (Wildman–Crippen LogP) is 2.93. The van der Waals surface area contributed by atoms with E-state index in [0.29, 0.717) is 16.3 Å². The van der Waals surface area contributed by atoms with E-state index in [1.54, 1.807) is 36.4 Å². The minimum absolute atomic E-state index is 0.218. The second-order valence-corrected chi connectivity index (χ2v) is 6.22. The van der Waals surface area contributed by atoms with Crippen LogP contribution in [-0.2, 0) is 14.3 Å². The van der Waals surface area contributed by atoms with Crippen molar-refractivity contribution in [2.75, 3.05) is 11.9 Å². The number of amides is 3. The van der Waals surface area contributed by atoms with E-state index in [-0.39, 0.29) is 6.42 Å². The number of anilines is 1. The molecule has 0 aliphatic heterocycles. The smallest absolute Gasteiger partial charge is 0.312 e. The van der Waals surface area contributed by atoms with Gasteiger partial charge >= 0.3 is 12.0 Å². The zero-order valence-corrected chi connectivity index (χ0v) is 15.5. The fraction of sp³-hybridized carbons (Fsp3) is 0.211. The van der Waals surface area contributed by atoms with Gasteiger partial charge < -0.3 is 21.1 Å². The van der Waals surface area contributed by atoms with E-state index in [2.05, 4.69) is 10.6 Å². The van der Waals surface area contributed by atoms with Crippen LogP contribution in [-0.4, -0.2) is 24.5 Å². The monoisotopic (exact) mass is 389 g/mol. The number of para-hydroxylation sites is 1. The quantitative estimate of drug-likeness (QED) is 0.632. The molecule has 7 nitrogen and oxygen atoms in total. The number of halogens is 1. The molecule has 8 heteroatoms. The summed E-state index contributed by atoms with van der Waals surface area (Å²) in [5.74, 6) is -1.14. The van der Waals surface area contributed by atoms with Gasteiger partial charge in [-0.3, -0.25) is 9.59 Å². The van der Waals surface area contributed by atoms with Gasteiger partial charge in [-0.25, -0.2) is 4.79 Å². The summed E-state index contributed by atoms with van der Waals surface area (Å²) in [4.78, 5) is 35.3. The van der Waals surface area contributed by atoms with Crippen molar-refractivity contribution in [1.29, 1.82) is 0 Å². The number of carbonyl (C=O) groups excluding carboxylic acids is 3. The van der Waals surface area contributed by atoms with Crippen LogP contribution < -0.4 is 16.4 Å². The Morgan fingerprint density at radius 2 is 1.78 bits per heavy atom. The van der Waals surface area contributed by atoms with Crippen LogP contribution >= 0.6 is 11.6 Å². The zero-order chi connectivity index (χ0) is 19.8. The van der Waals surface area contributed by atoms with Gasteiger partial charge in [-0.1, -0.05) is 48.0 Å². The Kier molecular flexibility index (Phi) is 7.19. The highest BCUT2D eigenvalue weighted by molar-refractivity contribution is 6.31. The number of nitrogens with two attached hydrogens (primary N) is 1. The maximum Gasteiger partial charge on any atom is 0.312 e. The van der Waals surface area contributed by atoms with Crippen molar-refractivity contribution >= 4 is 35.2 Å². The largest absolute Gasteiger partial charge is 0.455 e. The van der Waals surface area contributed by atoms with Gasteiger partial charge in [0.15, 0.2) is 6.61 Å². The molecule has 2 aromatic carbocycles. The third-order valence-electron chi connectivity index (χ3n) is 3.75. The van der Waals surface area contributed by atoms with Crippen molar-refractivity contribution in [3.05, 3.63) is 64.7 Å². The zero-order valence-electron chi connectivity index (χ0n) is 14.7. The number of ether oxygens (including phenoxy) is 1. The van der Waals surface area contributed by atoms with Gasteiger partial charge in [-0.05, 0) is 30.2 Å². The first-order valence-corrected chi connectivity index (χ1v) is 8.56. The lowest BCUT2D eigenvalue weighted by Crippen LogP contribution is -2.35. The van der Waals surface area contributed by atoms with Gasteiger partial charge in [-0.15, -0.1) is 0 Å². The first-order valence-electron chi connectivity index (χ1n) is 8.18. The predicted molar refractivity (Wildman–Crippen MR) is 102 cm³/mol. The highest BCUT2D eigenvalue weighted by Crippen LogP contribution is 2.25. The maximum atomic E-state index is 12.1. The molecule has 0 aromatic heterocycles. The number of aryl methyl sites for hydroxylation is 1. The lowest BCUT2D eigenvalue weighted by molar-refractivity contribution is -0.147. The van der Waals surface area contributed by atoms with Crippen molar-refractivity contribution in [3.63, 3.8) is 0 Å². The summed E-state index contributed by atoms with van der Waals surface area (Å²) < 4.78 is 5.00. The van der Waals surface area contributed by atoms with Gasteiger partial charge in [0.1, 0.15) is 0 Å². The van der Waals surface area contributed by atoms with Crippen LogP contribution in [0.5, 0.6) is 0 Å². The van der Waals surface area contributed by atoms with Gasteiger partial charge in [0.05, 0.1) is 12.5 Å². The number of esters is 1. The number of nitrogens with one attached hydrogen (secondary N) is 2. The Morgan fingerprint density at radius 3 is 2.44 bits per heavy atom. The first kappa shape index (κ1) is 20.3. The normalized spacial score (nSPS) is 11.3. The molecule has 0 aliphatic rings. The lowest BCUT2D eigenvalue weighted by atomic mass is 10.0. The summed E-state index contributed by atoms with van der Waals surface area (Å²) in [6.07, 6.45) is -0.218. The van der Waals surface area contributed by atoms with Crippen LogP contribution in [0.3, 0.4) is 0 Å². The van der Waals surface area contributed by atoms with Crippen molar-refractivity contribution in [1.82, 2.24) is 5.32 Å². The standard InChI is InChI=1S/C19H20ClN3O4/c1-12-6-2-5-9-15(12)22-17(24)11-27-18(25)10-16(23-19(21)26)13-7-3-4-8-14(13)20/h2-9,16H,10-11H2,1H3,(H,22,24)(H3,21,23,26)/t16-/m1/s1. The number of hydrogen-bond acceptors (Lipinski definition) is 4. The van der Waals surface area contributed by atoms with E-state index in [4.69, 9.17) is 22.1 Å². The second kappa shape index (κ2) is 9.59. The van der Waals surface area contributed by atoms with Crippen LogP contribution in [0.2, 0.25) is 5.02 Å². The summed E-state index contributed by atoms with van der Waals surface area (Å²) in [5.41, 5.74) is 7.23. The van der Waals surface area contributed by atoms with Gasteiger partial charge in [0.2, 0.25) is 0 Å². The van der Waals surface area contributed by atoms with Crippen molar-refractivity contribution in [2.24, 2.45) is 5.73 Å². The van der Waals surface area contributed by atoms with E-state index in [0.717, 1.165) is 5.56 Å². The molecule has 0 saturated heterocycles. The van der Waals surface area contributed by atoms with E-state index in [9.17, 15) is 14.4 Å². The number of rotatable bonds is 7. The fourth-order valence-corrected chi connectivity index (χ4v) is 2.71. The fourth-order valence-electron chi connectivity index (χ4n) is 2.44. The molecular weight excluding hydrogens is 370 g/mol. The third-order valence-corrected chi connectivity index (χ3v) is 4.10. The van der Waals surface area contributed by atoms with Crippen LogP contribution in [0, 0.1) is 6.92 Å². The Labute approximate surface area is 161 Å². The van der Waals surface area contributed by atoms with E-state index < -0.39 is 30.6 Å². The van der Waals surface area contributed by atoms with Crippen molar-refractivity contribution in [3.8, 4) is 0 Å². The summed E-state index contributed by atoms with van der Waals surface area (Å²) in [5, 5.41) is 5.50. The third kappa shape index (κ3) is 6.31. The minimum Gasteiger partial charge on any atom is -0.455 e. The molecule has 2 aromatic rings. The highest BCUT2D eigenvalue weighted by Gasteiger charge is 2.21. The Morgan fingerprint density at radius 1 is 1.11 bits per heavy atom. The van der Waals surface area contributed by atoms with Gasteiger partial charge in [0, 0.05) is 10.7 Å². The van der Waals surface area contributed by atoms with E-state index in [1.165, 1.54) is 0 Å². The van der Waals surface area contributed by atoms with E-state index >= 15 is 0 Å². The molecule has 0 radical (unpaired) electrons. The molecule has 0 heterocycles. The summed E-state index contributed by atoms with van der Waals surface area (Å²) in [7, 11) is 0. The van der Waals surface area contributed by atoms with Crippen molar-refractivity contribution < 1.29 is 19.1 Å². The molecular formula is C19H20ClN3O4. The van der Waals surface area contributed by atoms with Crippen LogP contribution in [0.1, 0.15) is 23.6 Å². The number of urea groups is 1. The average molecular weight is 390 g/mol. The number of benzene rings is 2. The second-order valence-electron chi connectivity index (χ2n) is 5.81. The molecule has 3 amide bonds. The van der Waals surface area contributed by atoms with Crippen LogP contribution in [0.4, 0.5) is 10.5 Å². The number of primary amides is 1. The molecule has 4 N–H and O–H groups in total. The van der Waals surface area contributed by atoms with E-state index in [1.807, 2.05) is 19.1 Å². The molecule has 0 unspecified atom stereocenters. The maximum absolute atomic E-state index is 12.1. The molecule has 0 saturated carbocycles. The Balaban J connectivity index is 1.93. The van der Waals surface area contributed by atoms with Gasteiger partial charge in [-0.2, -0.15) is 0 Å². The topological polar surface area (TPSA) is 111 Å². The average Bonchev–Trinajstić information content (AvgIpc) is 2.61. The molecule has 0 aliphatic carbocycles. The molecule has 1 atom stereocenters. The lowest BCUT2D eigenvalue weighted by Gasteiger charge is -2.18. The van der Waals surface area contributed by atoms with Crippen LogP contribution in [0.15, 0.2) is 48.5 Å². The first-order chi connectivity index (χ1) is 12.9. The molecule has 2 rings (SSSR count). The Bertz CT molecular complexity index is 841. The highest BCUT2D eigenvalue weighted by atomic mass is 35.5. The summed E-state index contributed by atoms with van der Waals surface area (Å²) >= 11 is 6.11. The van der Waals surface area contributed by atoms with Crippen molar-refractivity contribution in [2.45, 2.75) is 19.4 Å². The SMILES string of the molecule is Cc1ccccc1NC(=O)COC(=O)C[C@@H](NC(N)=O)c1ccccc1Cl. The molecule has 142 valence electrons. The summed E-state index contributed by atoms with van der Waals surface area (Å²) in [6, 6.07) is 12.4. The Hall–Kier alpha value is -3.06. The number of carbonyl (C=O) groups is 3. The summed E-state index contributed by atoms with van der Waals surface area (Å²) in [6.45, 7) is 1.41.